The first kappa shape index (κ1) is 23.9. The van der Waals surface area contributed by atoms with Crippen molar-refractivity contribution in [1.29, 1.82) is 0 Å². The minimum absolute atomic E-state index is 0.0499. The van der Waals surface area contributed by atoms with Crippen molar-refractivity contribution >= 4 is 13.9 Å². The lowest BCUT2D eigenvalue weighted by molar-refractivity contribution is 0.396. The zero-order valence-corrected chi connectivity index (χ0v) is 20.5. The van der Waals surface area contributed by atoms with Gasteiger partial charge in [-0.25, -0.2) is 4.39 Å². The van der Waals surface area contributed by atoms with E-state index in [0.717, 1.165) is 35.0 Å². The predicted molar refractivity (Wildman–Crippen MR) is 127 cm³/mol. The number of hydrogen-bond donors (Lipinski definition) is 0. The fraction of sp³-hybridized carbons (Fsp3) is 0.538. The summed E-state index contributed by atoms with van der Waals surface area (Å²) in [4.78, 5) is 0. The van der Waals surface area contributed by atoms with Crippen LogP contribution in [-0.2, 0) is 10.6 Å². The van der Waals surface area contributed by atoms with Crippen molar-refractivity contribution in [2.24, 2.45) is 0 Å². The van der Waals surface area contributed by atoms with Crippen LogP contribution in [-0.4, -0.2) is 7.11 Å². The average molecular weight is 417 g/mol. The smallest absolute Gasteiger partial charge is 0.130 e. The summed E-state index contributed by atoms with van der Waals surface area (Å²) in [5.41, 5.74) is 4.70. The first-order valence-electron chi connectivity index (χ1n) is 10.8. The van der Waals surface area contributed by atoms with E-state index in [1.165, 1.54) is 24.0 Å². The largest absolute Gasteiger partial charge is 0.496 e. The maximum absolute atomic E-state index is 14.8. The van der Waals surface area contributed by atoms with E-state index in [4.69, 9.17) is 4.74 Å². The lowest BCUT2D eigenvalue weighted by Gasteiger charge is -2.34. The molecule has 0 amide bonds. The molecule has 1 nitrogen and oxygen atoms in total. The van der Waals surface area contributed by atoms with E-state index in [2.05, 4.69) is 53.7 Å². The molecule has 2 aromatic rings. The van der Waals surface area contributed by atoms with E-state index in [1.54, 1.807) is 13.2 Å². The molecule has 160 valence electrons. The highest BCUT2D eigenvalue weighted by molar-refractivity contribution is 7.48. The Morgan fingerprint density at radius 1 is 1.00 bits per heavy atom. The Hall–Kier alpha value is -1.40. The van der Waals surface area contributed by atoms with Crippen LogP contribution in [0.1, 0.15) is 82.6 Å². The third-order valence-corrected chi connectivity index (χ3v) is 7.50. The van der Waals surface area contributed by atoms with Gasteiger partial charge in [0.05, 0.1) is 7.11 Å². The number of halogens is 1. The topological polar surface area (TPSA) is 9.23 Å². The van der Waals surface area contributed by atoms with E-state index >= 15 is 0 Å². The van der Waals surface area contributed by atoms with E-state index in [9.17, 15) is 4.39 Å². The lowest BCUT2D eigenvalue weighted by atomic mass is 9.82. The van der Waals surface area contributed by atoms with Gasteiger partial charge in [0.25, 0.3) is 0 Å². The van der Waals surface area contributed by atoms with Crippen LogP contribution in [0.4, 0.5) is 4.39 Å². The van der Waals surface area contributed by atoms with Crippen molar-refractivity contribution in [3.05, 3.63) is 58.4 Å². The van der Waals surface area contributed by atoms with E-state index in [1.807, 2.05) is 19.1 Å². The molecule has 0 fully saturated rings. The molecule has 0 aliphatic rings. The maximum atomic E-state index is 14.8. The number of rotatable bonds is 8. The van der Waals surface area contributed by atoms with Crippen LogP contribution in [0.15, 0.2) is 30.3 Å². The third kappa shape index (κ3) is 5.82. The Labute approximate surface area is 179 Å². The Bertz CT molecular complexity index is 837. The molecular weight excluding hydrogens is 378 g/mol. The highest BCUT2D eigenvalue weighted by Gasteiger charge is 2.33. The molecule has 0 bridgehead atoms. The Kier molecular flexibility index (Phi) is 7.91. The first-order chi connectivity index (χ1) is 13.5. The van der Waals surface area contributed by atoms with Crippen LogP contribution in [0.5, 0.6) is 5.75 Å². The van der Waals surface area contributed by atoms with Gasteiger partial charge in [-0.2, -0.15) is 0 Å². The van der Waals surface area contributed by atoms with Crippen molar-refractivity contribution in [3.63, 3.8) is 0 Å². The third-order valence-electron chi connectivity index (χ3n) is 5.75. The zero-order chi connectivity index (χ0) is 21.8. The number of hydrogen-bond acceptors (Lipinski definition) is 1. The summed E-state index contributed by atoms with van der Waals surface area (Å²) in [7, 11) is 2.11. The second kappa shape index (κ2) is 9.61. The molecule has 2 rings (SSSR count). The van der Waals surface area contributed by atoms with Crippen LogP contribution < -0.4 is 10.0 Å². The fourth-order valence-corrected chi connectivity index (χ4v) is 5.47. The lowest BCUT2D eigenvalue weighted by Crippen LogP contribution is -2.23. The second-order valence-corrected chi connectivity index (χ2v) is 11.4. The number of aryl methyl sites for hydroxylation is 2. The highest BCUT2D eigenvalue weighted by atomic mass is 31.1. The van der Waals surface area contributed by atoms with Crippen LogP contribution in [0.2, 0.25) is 0 Å². The van der Waals surface area contributed by atoms with E-state index in [0.29, 0.717) is 8.58 Å². The normalized spacial score (nSPS) is 14.4. The highest BCUT2D eigenvalue weighted by Crippen LogP contribution is 2.50. The molecule has 2 atom stereocenters. The number of benzene rings is 2. The van der Waals surface area contributed by atoms with Gasteiger partial charge in [0.15, 0.2) is 0 Å². The molecule has 0 saturated heterocycles. The van der Waals surface area contributed by atoms with Crippen LogP contribution in [0, 0.1) is 19.7 Å². The molecule has 29 heavy (non-hydrogen) atoms. The molecule has 0 radical (unpaired) electrons. The average Bonchev–Trinajstić information content (AvgIpc) is 2.63. The molecular formula is C26H38FOP. The minimum Gasteiger partial charge on any atom is -0.496 e. The van der Waals surface area contributed by atoms with Crippen LogP contribution in [0.3, 0.4) is 0 Å². The van der Waals surface area contributed by atoms with Gasteiger partial charge in [-0.15, -0.1) is 0 Å². The Morgan fingerprint density at radius 2 is 1.69 bits per heavy atom. The Morgan fingerprint density at radius 3 is 2.24 bits per heavy atom. The summed E-state index contributed by atoms with van der Waals surface area (Å²) in [5.74, 6) is 0.865. The molecule has 0 aromatic heterocycles. The van der Waals surface area contributed by atoms with Crippen molar-refractivity contribution < 1.29 is 9.13 Å². The van der Waals surface area contributed by atoms with Crippen LogP contribution >= 0.6 is 8.58 Å². The molecule has 2 aromatic carbocycles. The van der Waals surface area contributed by atoms with Gasteiger partial charge in [0, 0.05) is 16.0 Å². The summed E-state index contributed by atoms with van der Waals surface area (Å²) in [5, 5.41) is 0.651. The van der Waals surface area contributed by atoms with Crippen molar-refractivity contribution in [1.82, 2.24) is 0 Å². The van der Waals surface area contributed by atoms with Gasteiger partial charge in [-0.05, 0) is 48.4 Å². The number of unbranched alkanes of at least 4 members (excludes halogenated alkanes) is 2. The van der Waals surface area contributed by atoms with Gasteiger partial charge in [-0.1, -0.05) is 86.7 Å². The van der Waals surface area contributed by atoms with Gasteiger partial charge in [-0.3, -0.25) is 0 Å². The number of methoxy groups -OCH3 is 1. The van der Waals surface area contributed by atoms with Gasteiger partial charge >= 0.3 is 0 Å². The molecule has 0 spiro atoms. The molecule has 0 heterocycles. The van der Waals surface area contributed by atoms with Crippen molar-refractivity contribution in [2.45, 2.75) is 84.7 Å². The standard InChI is InChI=1S/C26H38FOP/c1-9-10-11-14-26(7,29-23-13-12-18(2)15-22(23)27)21-17-20(25(4,5)6)16-19(3)24(21)28-8/h12-13,15-17,29H,9-11,14H2,1-8H3. The second-order valence-electron chi connectivity index (χ2n) is 9.52. The monoisotopic (exact) mass is 416 g/mol. The van der Waals surface area contributed by atoms with E-state index < -0.39 is 0 Å². The summed E-state index contributed by atoms with van der Waals surface area (Å²) >= 11 is 0. The summed E-state index contributed by atoms with van der Waals surface area (Å²) < 4.78 is 20.7. The quantitative estimate of drug-likeness (QED) is 0.319. The van der Waals surface area contributed by atoms with Crippen molar-refractivity contribution in [3.8, 4) is 5.75 Å². The van der Waals surface area contributed by atoms with Gasteiger partial charge in [0.1, 0.15) is 11.6 Å². The predicted octanol–water partition coefficient (Wildman–Crippen LogP) is 7.55. The summed E-state index contributed by atoms with van der Waals surface area (Å²) in [6.45, 7) is 15.3. The molecule has 2 unspecified atom stereocenters. The van der Waals surface area contributed by atoms with Gasteiger partial charge in [0.2, 0.25) is 0 Å². The molecule has 3 heteroatoms. The summed E-state index contributed by atoms with van der Waals surface area (Å²) in [6.07, 6.45) is 4.53. The number of ether oxygens (including phenoxy) is 1. The SMILES string of the molecule is CCCCCC(C)(Pc1ccc(C)cc1F)c1cc(C(C)(C)C)cc(C)c1OC. The molecule has 0 aliphatic heterocycles. The minimum atomic E-state index is -0.164. The van der Waals surface area contributed by atoms with Crippen molar-refractivity contribution in [2.75, 3.05) is 7.11 Å². The first-order valence-corrected chi connectivity index (χ1v) is 11.8. The van der Waals surface area contributed by atoms with E-state index in [-0.39, 0.29) is 16.4 Å². The summed E-state index contributed by atoms with van der Waals surface area (Å²) in [6, 6.07) is 10.2. The zero-order valence-electron chi connectivity index (χ0n) is 19.5. The van der Waals surface area contributed by atoms with Crippen LogP contribution in [0.25, 0.3) is 0 Å². The fourth-order valence-electron chi connectivity index (χ4n) is 3.90. The van der Waals surface area contributed by atoms with Gasteiger partial charge < -0.3 is 4.74 Å². The molecule has 0 N–H and O–H groups in total. The maximum Gasteiger partial charge on any atom is 0.130 e. The molecule has 0 aliphatic carbocycles. The Balaban J connectivity index is 2.62. The molecule has 0 saturated carbocycles.